The molecule has 0 fully saturated rings. The Balaban J connectivity index is 2.11. The van der Waals surface area contributed by atoms with Gasteiger partial charge in [0.05, 0.1) is 0 Å². The van der Waals surface area contributed by atoms with E-state index in [0.29, 0.717) is 6.61 Å². The van der Waals surface area contributed by atoms with Gasteiger partial charge in [-0.2, -0.15) is 0 Å². The summed E-state index contributed by atoms with van der Waals surface area (Å²) >= 11 is 0. The molecular weight excluding hydrogens is 265 g/mol. The van der Waals surface area contributed by atoms with Crippen molar-refractivity contribution < 1.29 is 9.13 Å². The van der Waals surface area contributed by atoms with Crippen molar-refractivity contribution >= 4 is 0 Å². The molecule has 3 heteroatoms. The number of halogens is 1. The fourth-order valence-electron chi connectivity index (χ4n) is 2.22. The Kier molecular flexibility index (Phi) is 5.34. The van der Waals surface area contributed by atoms with Gasteiger partial charge in [0.1, 0.15) is 18.2 Å². The number of benzene rings is 2. The van der Waals surface area contributed by atoms with Crippen molar-refractivity contribution in [3.8, 4) is 5.75 Å². The fraction of sp³-hybridized carbons (Fsp3) is 0.333. The summed E-state index contributed by atoms with van der Waals surface area (Å²) in [5.74, 6) is 0.671. The molecule has 0 amide bonds. The molecule has 0 aliphatic rings. The molecule has 0 heterocycles. The van der Waals surface area contributed by atoms with Gasteiger partial charge in [0.2, 0.25) is 0 Å². The highest BCUT2D eigenvalue weighted by atomic mass is 19.1. The Labute approximate surface area is 126 Å². The molecule has 0 bridgehead atoms. The lowest BCUT2D eigenvalue weighted by Gasteiger charge is -2.14. The van der Waals surface area contributed by atoms with Crippen molar-refractivity contribution in [1.82, 2.24) is 5.32 Å². The van der Waals surface area contributed by atoms with Crippen LogP contribution in [0.3, 0.4) is 0 Å². The van der Waals surface area contributed by atoms with Gasteiger partial charge in [-0.05, 0) is 49.7 Å². The van der Waals surface area contributed by atoms with Gasteiger partial charge in [-0.25, -0.2) is 4.39 Å². The summed E-state index contributed by atoms with van der Waals surface area (Å²) in [7, 11) is 0. The van der Waals surface area contributed by atoms with Gasteiger partial charge < -0.3 is 10.1 Å². The van der Waals surface area contributed by atoms with E-state index >= 15 is 0 Å². The monoisotopic (exact) mass is 287 g/mol. The van der Waals surface area contributed by atoms with Crippen molar-refractivity contribution in [3.05, 3.63) is 64.5 Å². The van der Waals surface area contributed by atoms with Gasteiger partial charge in [0, 0.05) is 12.1 Å². The van der Waals surface area contributed by atoms with Gasteiger partial charge in [0.15, 0.2) is 0 Å². The first-order chi connectivity index (χ1) is 10.1. The Morgan fingerprint density at radius 1 is 1.05 bits per heavy atom. The molecule has 2 aromatic rings. The van der Waals surface area contributed by atoms with Crippen LogP contribution in [-0.4, -0.2) is 6.54 Å². The summed E-state index contributed by atoms with van der Waals surface area (Å²) in [6.45, 7) is 8.21. The minimum atomic E-state index is -0.209. The number of rotatable bonds is 6. The SMILES string of the molecule is CCNCc1cc(C)ccc1OCc1ccc(F)cc1C. The third-order valence-corrected chi connectivity index (χ3v) is 3.47. The number of ether oxygens (including phenoxy) is 1. The molecule has 0 radical (unpaired) electrons. The Morgan fingerprint density at radius 2 is 1.86 bits per heavy atom. The topological polar surface area (TPSA) is 21.3 Å². The molecule has 0 spiro atoms. The van der Waals surface area contributed by atoms with Crippen LogP contribution >= 0.6 is 0 Å². The first-order valence-electron chi connectivity index (χ1n) is 7.28. The number of hydrogen-bond donors (Lipinski definition) is 1. The molecule has 2 nitrogen and oxygen atoms in total. The van der Waals surface area contributed by atoms with Crippen molar-refractivity contribution in [2.45, 2.75) is 33.9 Å². The van der Waals surface area contributed by atoms with E-state index in [9.17, 15) is 4.39 Å². The van der Waals surface area contributed by atoms with Gasteiger partial charge in [0.25, 0.3) is 0 Å². The van der Waals surface area contributed by atoms with Crippen LogP contribution in [0.2, 0.25) is 0 Å². The summed E-state index contributed by atoms with van der Waals surface area (Å²) in [5.41, 5.74) is 4.28. The predicted octanol–water partition coefficient (Wildman–Crippen LogP) is 4.13. The van der Waals surface area contributed by atoms with E-state index < -0.39 is 0 Å². The third-order valence-electron chi connectivity index (χ3n) is 3.47. The minimum absolute atomic E-state index is 0.209. The van der Waals surface area contributed by atoms with Crippen LogP contribution < -0.4 is 10.1 Å². The summed E-state index contributed by atoms with van der Waals surface area (Å²) in [6.07, 6.45) is 0. The molecule has 1 N–H and O–H groups in total. The summed E-state index contributed by atoms with van der Waals surface area (Å²) < 4.78 is 19.0. The summed E-state index contributed by atoms with van der Waals surface area (Å²) in [4.78, 5) is 0. The zero-order valence-corrected chi connectivity index (χ0v) is 12.9. The molecule has 112 valence electrons. The van der Waals surface area contributed by atoms with E-state index in [-0.39, 0.29) is 5.82 Å². The molecule has 2 aromatic carbocycles. The lowest BCUT2D eigenvalue weighted by atomic mass is 10.1. The van der Waals surface area contributed by atoms with Crippen molar-refractivity contribution in [2.24, 2.45) is 0 Å². The molecule has 0 aliphatic heterocycles. The zero-order valence-electron chi connectivity index (χ0n) is 12.9. The average Bonchev–Trinajstić information content (AvgIpc) is 2.45. The highest BCUT2D eigenvalue weighted by molar-refractivity contribution is 5.37. The number of aryl methyl sites for hydroxylation is 2. The van der Waals surface area contributed by atoms with E-state index in [1.165, 1.54) is 17.7 Å². The van der Waals surface area contributed by atoms with Crippen LogP contribution in [0.25, 0.3) is 0 Å². The third kappa shape index (κ3) is 4.30. The first kappa shape index (κ1) is 15.5. The highest BCUT2D eigenvalue weighted by Gasteiger charge is 2.06. The van der Waals surface area contributed by atoms with Gasteiger partial charge in [-0.15, -0.1) is 0 Å². The Morgan fingerprint density at radius 3 is 2.57 bits per heavy atom. The minimum Gasteiger partial charge on any atom is -0.489 e. The maximum Gasteiger partial charge on any atom is 0.124 e. The second-order valence-electron chi connectivity index (χ2n) is 5.25. The maximum atomic E-state index is 13.1. The van der Waals surface area contributed by atoms with Crippen molar-refractivity contribution in [1.29, 1.82) is 0 Å². The molecule has 0 atom stereocenters. The second kappa shape index (κ2) is 7.23. The Hall–Kier alpha value is -1.87. The Bertz CT molecular complexity index is 610. The molecule has 0 saturated heterocycles. The average molecular weight is 287 g/mol. The highest BCUT2D eigenvalue weighted by Crippen LogP contribution is 2.22. The lowest BCUT2D eigenvalue weighted by molar-refractivity contribution is 0.301. The van der Waals surface area contributed by atoms with Crippen molar-refractivity contribution in [2.75, 3.05) is 6.54 Å². The molecular formula is C18H22FNO. The van der Waals surface area contributed by atoms with Crippen LogP contribution in [0.4, 0.5) is 4.39 Å². The van der Waals surface area contributed by atoms with Crippen LogP contribution in [0.1, 0.15) is 29.2 Å². The van der Waals surface area contributed by atoms with E-state index in [4.69, 9.17) is 4.74 Å². The standard InChI is InChI=1S/C18H22FNO/c1-4-20-11-16-9-13(2)5-8-18(16)21-12-15-6-7-17(19)10-14(15)3/h5-10,20H,4,11-12H2,1-3H3. The zero-order chi connectivity index (χ0) is 15.2. The van der Waals surface area contributed by atoms with E-state index in [1.807, 2.05) is 19.1 Å². The summed E-state index contributed by atoms with van der Waals surface area (Å²) in [5, 5.41) is 3.32. The lowest BCUT2D eigenvalue weighted by Crippen LogP contribution is -2.13. The normalized spacial score (nSPS) is 10.7. The quantitative estimate of drug-likeness (QED) is 0.862. The van der Waals surface area contributed by atoms with Crippen molar-refractivity contribution in [3.63, 3.8) is 0 Å². The summed E-state index contributed by atoms with van der Waals surface area (Å²) in [6, 6.07) is 11.0. The number of hydrogen-bond acceptors (Lipinski definition) is 2. The molecule has 0 aliphatic carbocycles. The molecule has 0 unspecified atom stereocenters. The molecule has 0 aromatic heterocycles. The predicted molar refractivity (Wildman–Crippen MR) is 84.0 cm³/mol. The van der Waals surface area contributed by atoms with Crippen LogP contribution in [-0.2, 0) is 13.2 Å². The molecule has 21 heavy (non-hydrogen) atoms. The van der Waals surface area contributed by atoms with Gasteiger partial charge >= 0.3 is 0 Å². The molecule has 0 saturated carbocycles. The molecule has 2 rings (SSSR count). The van der Waals surface area contributed by atoms with E-state index in [1.54, 1.807) is 6.07 Å². The number of nitrogens with one attached hydrogen (secondary N) is 1. The van der Waals surface area contributed by atoms with Crippen LogP contribution in [0.15, 0.2) is 36.4 Å². The smallest absolute Gasteiger partial charge is 0.124 e. The van der Waals surface area contributed by atoms with Gasteiger partial charge in [-0.1, -0.05) is 30.7 Å². The van der Waals surface area contributed by atoms with E-state index in [0.717, 1.165) is 35.5 Å². The van der Waals surface area contributed by atoms with Gasteiger partial charge in [-0.3, -0.25) is 0 Å². The maximum absolute atomic E-state index is 13.1. The second-order valence-corrected chi connectivity index (χ2v) is 5.25. The largest absolute Gasteiger partial charge is 0.489 e. The van der Waals surface area contributed by atoms with Crippen LogP contribution in [0, 0.1) is 19.7 Å². The van der Waals surface area contributed by atoms with Crippen LogP contribution in [0.5, 0.6) is 5.75 Å². The van der Waals surface area contributed by atoms with E-state index in [2.05, 4.69) is 25.2 Å². The first-order valence-corrected chi connectivity index (χ1v) is 7.28. The fourth-order valence-corrected chi connectivity index (χ4v) is 2.22.